The highest BCUT2D eigenvalue weighted by Crippen LogP contribution is 1.89. The van der Waals surface area contributed by atoms with Crippen LogP contribution in [-0.2, 0) is 14.4 Å². The maximum absolute atomic E-state index is 10.9. The summed E-state index contributed by atoms with van der Waals surface area (Å²) in [5.41, 5.74) is 2.29. The summed E-state index contributed by atoms with van der Waals surface area (Å²) in [6.45, 7) is 4.52. The lowest BCUT2D eigenvalue weighted by Gasteiger charge is -2.07. The smallest absolute Gasteiger partial charge is 0.246 e. The van der Waals surface area contributed by atoms with E-state index in [1.165, 1.54) is 0 Å². The van der Waals surface area contributed by atoms with Gasteiger partial charge in [-0.2, -0.15) is 0 Å². The molecule has 0 aliphatic carbocycles. The fraction of sp³-hybridized carbons (Fsp3) is 0.667. The van der Waals surface area contributed by atoms with E-state index in [2.05, 4.69) is 11.4 Å². The van der Waals surface area contributed by atoms with E-state index >= 15 is 0 Å². The zero-order valence-electron chi connectivity index (χ0n) is 8.00. The van der Waals surface area contributed by atoms with Gasteiger partial charge in [0.05, 0.1) is 13.2 Å². The van der Waals surface area contributed by atoms with Crippen molar-refractivity contribution in [2.75, 3.05) is 19.8 Å². The van der Waals surface area contributed by atoms with Crippen molar-refractivity contribution in [2.45, 2.75) is 13.8 Å². The quantitative estimate of drug-likeness (QED) is 0.369. The van der Waals surface area contributed by atoms with Crippen molar-refractivity contribution >= 4 is 5.91 Å². The second-order valence-electron chi connectivity index (χ2n) is 2.73. The number of nitrogens with one attached hydrogen (secondary N) is 1. The van der Waals surface area contributed by atoms with Crippen LogP contribution in [-0.4, -0.2) is 25.7 Å². The standard InChI is InChI=1S/C9H15NO3/c1-4-5-12-6-7-13-10-9(11)8(2)3/h1,8H,5-7H2,2-3H3,(H,10,11). The lowest BCUT2D eigenvalue weighted by molar-refractivity contribution is -0.137. The fourth-order valence-corrected chi connectivity index (χ4v) is 0.472. The van der Waals surface area contributed by atoms with Gasteiger partial charge in [-0.1, -0.05) is 19.8 Å². The molecule has 0 aromatic heterocycles. The first-order valence-corrected chi connectivity index (χ1v) is 4.11. The third kappa shape index (κ3) is 7.32. The molecule has 0 aromatic carbocycles. The molecule has 0 radical (unpaired) electrons. The number of carbonyl (C=O) groups is 1. The Balaban J connectivity index is 3.17. The molecule has 0 aliphatic heterocycles. The number of carbonyl (C=O) groups excluding carboxylic acids is 1. The minimum Gasteiger partial charge on any atom is -0.366 e. The minimum absolute atomic E-state index is 0.0772. The summed E-state index contributed by atoms with van der Waals surface area (Å²) in [6, 6.07) is 0. The van der Waals surface area contributed by atoms with Gasteiger partial charge in [-0.25, -0.2) is 5.48 Å². The highest BCUT2D eigenvalue weighted by Gasteiger charge is 2.04. The Morgan fingerprint density at radius 1 is 1.54 bits per heavy atom. The summed E-state index contributed by atoms with van der Waals surface area (Å²) in [6.07, 6.45) is 4.95. The molecule has 0 spiro atoms. The van der Waals surface area contributed by atoms with E-state index in [1.807, 2.05) is 0 Å². The maximum Gasteiger partial charge on any atom is 0.246 e. The molecule has 0 saturated heterocycles. The molecule has 4 heteroatoms. The maximum atomic E-state index is 10.9. The lowest BCUT2D eigenvalue weighted by atomic mass is 10.2. The second-order valence-corrected chi connectivity index (χ2v) is 2.73. The number of amides is 1. The van der Waals surface area contributed by atoms with Gasteiger partial charge in [-0.05, 0) is 0 Å². The van der Waals surface area contributed by atoms with E-state index in [0.717, 1.165) is 0 Å². The van der Waals surface area contributed by atoms with Crippen molar-refractivity contribution in [3.8, 4) is 12.3 Å². The summed E-state index contributed by atoms with van der Waals surface area (Å²) in [4.78, 5) is 15.7. The number of hydrogen-bond acceptors (Lipinski definition) is 3. The van der Waals surface area contributed by atoms with Crippen LogP contribution in [0.3, 0.4) is 0 Å². The van der Waals surface area contributed by atoms with Gasteiger partial charge in [0.15, 0.2) is 0 Å². The van der Waals surface area contributed by atoms with Crippen LogP contribution in [0.5, 0.6) is 0 Å². The van der Waals surface area contributed by atoms with Crippen LogP contribution in [0.1, 0.15) is 13.8 Å². The molecule has 0 aromatic rings. The Morgan fingerprint density at radius 3 is 2.77 bits per heavy atom. The Kier molecular flexibility index (Phi) is 6.98. The molecular formula is C9H15NO3. The topological polar surface area (TPSA) is 47.6 Å². The summed E-state index contributed by atoms with van der Waals surface area (Å²) < 4.78 is 4.91. The molecule has 4 nitrogen and oxygen atoms in total. The van der Waals surface area contributed by atoms with Gasteiger partial charge in [-0.3, -0.25) is 9.63 Å². The third-order valence-corrected chi connectivity index (χ3v) is 1.21. The fourth-order valence-electron chi connectivity index (χ4n) is 0.472. The number of rotatable bonds is 6. The largest absolute Gasteiger partial charge is 0.366 e. The Labute approximate surface area is 78.6 Å². The van der Waals surface area contributed by atoms with E-state index < -0.39 is 0 Å². The number of hydrogen-bond donors (Lipinski definition) is 1. The van der Waals surface area contributed by atoms with E-state index in [0.29, 0.717) is 13.2 Å². The van der Waals surface area contributed by atoms with Gasteiger partial charge >= 0.3 is 0 Å². The third-order valence-electron chi connectivity index (χ3n) is 1.21. The summed E-state index contributed by atoms with van der Waals surface area (Å²) >= 11 is 0. The highest BCUT2D eigenvalue weighted by molar-refractivity contribution is 5.76. The predicted octanol–water partition coefficient (Wildman–Crippen LogP) is 0.340. The van der Waals surface area contributed by atoms with E-state index in [1.54, 1.807) is 13.8 Å². The SMILES string of the molecule is C#CCOCCONC(=O)C(C)C. The normalized spacial score (nSPS) is 9.69. The van der Waals surface area contributed by atoms with Crippen LogP contribution in [0.15, 0.2) is 0 Å². The second kappa shape index (κ2) is 7.59. The molecule has 0 unspecified atom stereocenters. The molecule has 0 aliphatic rings. The summed E-state index contributed by atoms with van der Waals surface area (Å²) in [5.74, 6) is 2.10. The first kappa shape index (κ1) is 11.9. The van der Waals surface area contributed by atoms with Crippen LogP contribution in [0, 0.1) is 18.3 Å². The van der Waals surface area contributed by atoms with Crippen LogP contribution in [0.25, 0.3) is 0 Å². The Hall–Kier alpha value is -1.05. The van der Waals surface area contributed by atoms with Crippen molar-refractivity contribution in [1.29, 1.82) is 0 Å². The number of terminal acetylenes is 1. The molecule has 0 rings (SSSR count). The van der Waals surface area contributed by atoms with E-state index in [-0.39, 0.29) is 18.4 Å². The molecule has 0 saturated carbocycles. The van der Waals surface area contributed by atoms with Crippen molar-refractivity contribution in [1.82, 2.24) is 5.48 Å². The van der Waals surface area contributed by atoms with Gasteiger partial charge in [0.2, 0.25) is 5.91 Å². The average molecular weight is 185 g/mol. The minimum atomic E-state index is -0.142. The van der Waals surface area contributed by atoms with Crippen molar-refractivity contribution in [3.05, 3.63) is 0 Å². The van der Waals surface area contributed by atoms with Gasteiger partial charge in [-0.15, -0.1) is 6.42 Å². The molecule has 1 amide bonds. The van der Waals surface area contributed by atoms with Crippen LogP contribution in [0.2, 0.25) is 0 Å². The van der Waals surface area contributed by atoms with Crippen molar-refractivity contribution in [3.63, 3.8) is 0 Å². The molecule has 0 heterocycles. The highest BCUT2D eigenvalue weighted by atomic mass is 16.7. The average Bonchev–Trinajstić information content (AvgIpc) is 2.10. The van der Waals surface area contributed by atoms with Crippen molar-refractivity contribution < 1.29 is 14.4 Å². The number of ether oxygens (including phenoxy) is 1. The van der Waals surface area contributed by atoms with E-state index in [4.69, 9.17) is 16.0 Å². The Morgan fingerprint density at radius 2 is 2.23 bits per heavy atom. The molecule has 0 bridgehead atoms. The Bertz CT molecular complexity index is 184. The van der Waals surface area contributed by atoms with E-state index in [9.17, 15) is 4.79 Å². The molecule has 13 heavy (non-hydrogen) atoms. The molecule has 0 fully saturated rings. The first-order chi connectivity index (χ1) is 6.18. The van der Waals surface area contributed by atoms with Gasteiger partial charge in [0.1, 0.15) is 6.61 Å². The van der Waals surface area contributed by atoms with Crippen LogP contribution >= 0.6 is 0 Å². The zero-order valence-corrected chi connectivity index (χ0v) is 8.00. The predicted molar refractivity (Wildman–Crippen MR) is 48.6 cm³/mol. The van der Waals surface area contributed by atoms with Gasteiger partial charge in [0.25, 0.3) is 0 Å². The van der Waals surface area contributed by atoms with Crippen molar-refractivity contribution in [2.24, 2.45) is 5.92 Å². The summed E-state index contributed by atoms with van der Waals surface area (Å²) in [5, 5.41) is 0. The van der Waals surface area contributed by atoms with Gasteiger partial charge < -0.3 is 4.74 Å². The monoisotopic (exact) mass is 185 g/mol. The molecule has 1 N–H and O–H groups in total. The van der Waals surface area contributed by atoms with Crippen LogP contribution in [0.4, 0.5) is 0 Å². The molecular weight excluding hydrogens is 170 g/mol. The molecule has 74 valence electrons. The first-order valence-electron chi connectivity index (χ1n) is 4.11. The zero-order chi connectivity index (χ0) is 10.1. The number of hydroxylamine groups is 1. The van der Waals surface area contributed by atoms with Crippen LogP contribution < -0.4 is 5.48 Å². The molecule has 0 atom stereocenters. The summed E-state index contributed by atoms with van der Waals surface area (Å²) in [7, 11) is 0. The van der Waals surface area contributed by atoms with Gasteiger partial charge in [0, 0.05) is 5.92 Å². The lowest BCUT2D eigenvalue weighted by Crippen LogP contribution is -2.29.